The number of carbonyl (C=O) groups excluding carboxylic acids is 1. The molecule has 0 unspecified atom stereocenters. The van der Waals surface area contributed by atoms with E-state index < -0.39 is 0 Å². The second kappa shape index (κ2) is 6.22. The lowest BCUT2D eigenvalue weighted by molar-refractivity contribution is 0.0953. The molecule has 1 heterocycles. The van der Waals surface area contributed by atoms with Gasteiger partial charge >= 0.3 is 0 Å². The molecule has 0 spiro atoms. The van der Waals surface area contributed by atoms with Gasteiger partial charge in [0.15, 0.2) is 11.5 Å². The summed E-state index contributed by atoms with van der Waals surface area (Å²) in [5.41, 5.74) is 4.40. The summed E-state index contributed by atoms with van der Waals surface area (Å²) in [6, 6.07) is 5.20. The number of hydrazone groups is 1. The van der Waals surface area contributed by atoms with Gasteiger partial charge in [-0.25, -0.2) is 5.43 Å². The number of rotatable bonds is 2. The molecule has 122 valence electrons. The Labute approximate surface area is 136 Å². The molecule has 23 heavy (non-hydrogen) atoms. The van der Waals surface area contributed by atoms with Crippen LogP contribution in [0.2, 0.25) is 0 Å². The van der Waals surface area contributed by atoms with Crippen LogP contribution >= 0.6 is 0 Å². The van der Waals surface area contributed by atoms with E-state index >= 15 is 0 Å². The molecular formula is C18H22N2O3. The zero-order valence-electron chi connectivity index (χ0n) is 13.2. The van der Waals surface area contributed by atoms with Crippen molar-refractivity contribution in [1.82, 2.24) is 5.43 Å². The van der Waals surface area contributed by atoms with Gasteiger partial charge in [0.05, 0.1) is 0 Å². The third kappa shape index (κ3) is 3.05. The van der Waals surface area contributed by atoms with Crippen molar-refractivity contribution in [2.24, 2.45) is 16.9 Å². The summed E-state index contributed by atoms with van der Waals surface area (Å²) in [7, 11) is 0. The van der Waals surface area contributed by atoms with E-state index in [2.05, 4.69) is 10.5 Å². The zero-order chi connectivity index (χ0) is 15.6. The van der Waals surface area contributed by atoms with Crippen LogP contribution in [0.4, 0.5) is 0 Å². The number of nitrogens with one attached hydrogen (secondary N) is 1. The highest BCUT2D eigenvalue weighted by molar-refractivity contribution is 5.96. The zero-order valence-corrected chi connectivity index (χ0v) is 13.2. The highest BCUT2D eigenvalue weighted by Crippen LogP contribution is 2.39. The van der Waals surface area contributed by atoms with Gasteiger partial charge in [-0.15, -0.1) is 0 Å². The number of amides is 1. The van der Waals surface area contributed by atoms with Gasteiger partial charge in [-0.3, -0.25) is 4.79 Å². The van der Waals surface area contributed by atoms with Crippen LogP contribution in [0.15, 0.2) is 23.3 Å². The van der Waals surface area contributed by atoms with Crippen LogP contribution in [-0.2, 0) is 0 Å². The number of ether oxygens (including phenoxy) is 2. The van der Waals surface area contributed by atoms with Crippen molar-refractivity contribution in [3.63, 3.8) is 0 Å². The summed E-state index contributed by atoms with van der Waals surface area (Å²) >= 11 is 0. The first-order valence-corrected chi connectivity index (χ1v) is 8.55. The van der Waals surface area contributed by atoms with Crippen LogP contribution in [0.1, 0.15) is 55.3 Å². The molecule has 4 rings (SSSR count). The molecule has 2 fully saturated rings. The summed E-state index contributed by atoms with van der Waals surface area (Å²) in [6.45, 7) is 0.214. The summed E-state index contributed by atoms with van der Waals surface area (Å²) in [5, 5.41) is 4.39. The van der Waals surface area contributed by atoms with Crippen LogP contribution in [0.3, 0.4) is 0 Å². The molecule has 5 nitrogen and oxygen atoms in total. The minimum absolute atomic E-state index is 0.193. The van der Waals surface area contributed by atoms with Crippen molar-refractivity contribution < 1.29 is 14.3 Å². The molecule has 1 aromatic rings. The van der Waals surface area contributed by atoms with Crippen LogP contribution in [0.5, 0.6) is 11.5 Å². The van der Waals surface area contributed by atoms with Gasteiger partial charge in [0.1, 0.15) is 0 Å². The molecule has 0 radical (unpaired) electrons. The maximum absolute atomic E-state index is 12.3. The Bertz CT molecular complexity index is 641. The molecule has 1 amide bonds. The second-order valence-electron chi connectivity index (χ2n) is 6.73. The van der Waals surface area contributed by atoms with E-state index in [0.717, 1.165) is 30.4 Å². The van der Waals surface area contributed by atoms with Gasteiger partial charge < -0.3 is 9.47 Å². The van der Waals surface area contributed by atoms with E-state index in [1.807, 2.05) is 0 Å². The smallest absolute Gasteiger partial charge is 0.271 e. The van der Waals surface area contributed by atoms with Crippen LogP contribution < -0.4 is 14.9 Å². The van der Waals surface area contributed by atoms with E-state index in [-0.39, 0.29) is 12.7 Å². The minimum atomic E-state index is -0.193. The Kier molecular flexibility index (Phi) is 3.93. The third-order valence-electron chi connectivity index (χ3n) is 5.32. The number of hydrogen-bond donors (Lipinski definition) is 1. The Hall–Kier alpha value is -2.04. The molecule has 1 aromatic carbocycles. The lowest BCUT2D eigenvalue weighted by Crippen LogP contribution is -2.29. The van der Waals surface area contributed by atoms with Crippen molar-refractivity contribution in [3.05, 3.63) is 23.8 Å². The minimum Gasteiger partial charge on any atom is -0.454 e. The molecule has 5 heteroatoms. The van der Waals surface area contributed by atoms with E-state index in [1.54, 1.807) is 18.2 Å². The van der Waals surface area contributed by atoms with Crippen molar-refractivity contribution in [1.29, 1.82) is 0 Å². The molecule has 2 aliphatic carbocycles. The lowest BCUT2D eigenvalue weighted by Gasteiger charge is -2.35. The van der Waals surface area contributed by atoms with E-state index in [9.17, 15) is 4.79 Å². The first-order chi connectivity index (χ1) is 11.3. The molecular weight excluding hydrogens is 292 g/mol. The van der Waals surface area contributed by atoms with E-state index in [4.69, 9.17) is 9.47 Å². The van der Waals surface area contributed by atoms with Crippen LogP contribution in [0, 0.1) is 11.8 Å². The fourth-order valence-electron chi connectivity index (χ4n) is 4.02. The van der Waals surface area contributed by atoms with Gasteiger partial charge in [-0.1, -0.05) is 19.3 Å². The Morgan fingerprint density at radius 2 is 1.91 bits per heavy atom. The lowest BCUT2D eigenvalue weighted by atomic mass is 9.70. The predicted molar refractivity (Wildman–Crippen MR) is 86.8 cm³/mol. The molecule has 0 saturated heterocycles. The number of carbonyl (C=O) groups is 1. The monoisotopic (exact) mass is 314 g/mol. The first kappa shape index (κ1) is 14.5. The number of nitrogens with zero attached hydrogens (tertiary/aromatic N) is 1. The largest absolute Gasteiger partial charge is 0.454 e. The topological polar surface area (TPSA) is 59.9 Å². The average molecular weight is 314 g/mol. The SMILES string of the molecule is O=C(N/N=C1\CC[C@@H]2CCCC[C@@H]2C1)c1ccc2c(c1)OCO2. The maximum Gasteiger partial charge on any atom is 0.271 e. The first-order valence-electron chi connectivity index (χ1n) is 8.55. The molecule has 2 atom stereocenters. The molecule has 0 aromatic heterocycles. The summed E-state index contributed by atoms with van der Waals surface area (Å²) in [5.74, 6) is 2.77. The van der Waals surface area contributed by atoms with Crippen molar-refractivity contribution in [3.8, 4) is 11.5 Å². The quantitative estimate of drug-likeness (QED) is 0.850. The Morgan fingerprint density at radius 3 is 2.83 bits per heavy atom. The average Bonchev–Trinajstić information content (AvgIpc) is 3.07. The van der Waals surface area contributed by atoms with Gasteiger partial charge in [-0.2, -0.15) is 5.10 Å². The van der Waals surface area contributed by atoms with Gasteiger partial charge in [0.2, 0.25) is 6.79 Å². The van der Waals surface area contributed by atoms with Crippen molar-refractivity contribution in [2.45, 2.75) is 44.9 Å². The fourth-order valence-corrected chi connectivity index (χ4v) is 4.02. The summed E-state index contributed by atoms with van der Waals surface area (Å²) < 4.78 is 10.6. The molecule has 2 saturated carbocycles. The second-order valence-corrected chi connectivity index (χ2v) is 6.73. The fraction of sp³-hybridized carbons (Fsp3) is 0.556. The van der Waals surface area contributed by atoms with Gasteiger partial charge in [-0.05, 0) is 55.7 Å². The third-order valence-corrected chi connectivity index (χ3v) is 5.32. The van der Waals surface area contributed by atoms with Crippen molar-refractivity contribution >= 4 is 11.6 Å². The Morgan fingerprint density at radius 1 is 1.09 bits per heavy atom. The maximum atomic E-state index is 12.3. The van der Waals surface area contributed by atoms with Crippen LogP contribution in [-0.4, -0.2) is 18.4 Å². The Balaban J connectivity index is 1.39. The standard InChI is InChI=1S/C18H22N2O3/c21-18(14-6-8-16-17(10-14)23-11-22-16)20-19-15-7-5-12-3-1-2-4-13(12)9-15/h6,8,10,12-13H,1-5,7,9,11H2,(H,20,21)/b19-15+/t12-,13+/m0/s1. The molecule has 0 bridgehead atoms. The normalized spacial score (nSPS) is 27.6. The van der Waals surface area contributed by atoms with E-state index in [1.165, 1.54) is 32.1 Å². The molecule has 3 aliphatic rings. The van der Waals surface area contributed by atoms with Gasteiger partial charge in [0, 0.05) is 11.3 Å². The summed E-state index contributed by atoms with van der Waals surface area (Å²) in [6.07, 6.45) is 8.71. The van der Waals surface area contributed by atoms with Crippen molar-refractivity contribution in [2.75, 3.05) is 6.79 Å². The van der Waals surface area contributed by atoms with Crippen LogP contribution in [0.25, 0.3) is 0 Å². The molecule has 1 N–H and O–H groups in total. The molecule has 1 aliphatic heterocycles. The highest BCUT2D eigenvalue weighted by atomic mass is 16.7. The number of fused-ring (bicyclic) bond motifs is 2. The predicted octanol–water partition coefficient (Wildman–Crippen LogP) is 3.49. The number of hydrogen-bond acceptors (Lipinski definition) is 4. The number of benzene rings is 1. The van der Waals surface area contributed by atoms with E-state index in [0.29, 0.717) is 17.1 Å². The highest BCUT2D eigenvalue weighted by Gasteiger charge is 2.30. The summed E-state index contributed by atoms with van der Waals surface area (Å²) in [4.78, 5) is 12.3. The van der Waals surface area contributed by atoms with Gasteiger partial charge in [0.25, 0.3) is 5.91 Å².